The van der Waals surface area contributed by atoms with Crippen LogP contribution in [0.2, 0.25) is 0 Å². The van der Waals surface area contributed by atoms with Gasteiger partial charge in [0.15, 0.2) is 0 Å². The zero-order chi connectivity index (χ0) is 21.0. The van der Waals surface area contributed by atoms with Crippen LogP contribution in [-0.2, 0) is 6.42 Å². The molecule has 150 valence electrons. The molecule has 2 aromatic heterocycles. The second-order valence-electron chi connectivity index (χ2n) is 7.58. The molecule has 0 radical (unpaired) electrons. The van der Waals surface area contributed by atoms with Crippen molar-refractivity contribution in [2.45, 2.75) is 26.3 Å². The molecule has 1 aliphatic heterocycles. The monoisotopic (exact) mass is 479 g/mol. The molecule has 0 bridgehead atoms. The van der Waals surface area contributed by atoms with Gasteiger partial charge in [-0.3, -0.25) is 9.59 Å². The summed E-state index contributed by atoms with van der Waals surface area (Å²) in [6.45, 7) is 4.06. The lowest BCUT2D eigenvalue weighted by molar-refractivity contribution is 0.102. The molecule has 5 rings (SSSR count). The van der Waals surface area contributed by atoms with Crippen molar-refractivity contribution < 1.29 is 4.79 Å². The first-order valence-electron chi connectivity index (χ1n) is 9.62. The third-order valence-electron chi connectivity index (χ3n) is 5.44. The minimum absolute atomic E-state index is 0.148. The number of thiazole rings is 1. The number of amides is 1. The number of carbonyl (C=O) groups is 1. The van der Waals surface area contributed by atoms with E-state index in [4.69, 9.17) is 0 Å². The minimum atomic E-state index is -0.405. The van der Waals surface area contributed by atoms with E-state index in [0.717, 1.165) is 38.2 Å². The van der Waals surface area contributed by atoms with Crippen LogP contribution in [0.25, 0.3) is 22.2 Å². The van der Waals surface area contributed by atoms with Crippen molar-refractivity contribution in [3.63, 3.8) is 0 Å². The Morgan fingerprint density at radius 3 is 2.90 bits per heavy atom. The van der Waals surface area contributed by atoms with E-state index in [9.17, 15) is 9.59 Å². The minimum Gasteiger partial charge on any atom is -0.343 e. The number of halogens is 1. The SMILES string of the molecule is Cc1nc(-c2cccc(NC(=O)c3cn4c5c(cc(Br)cc5c3=O)CC4C)c2)cs1. The first kappa shape index (κ1) is 19.2. The van der Waals surface area contributed by atoms with Crippen LogP contribution in [0.3, 0.4) is 0 Å². The van der Waals surface area contributed by atoms with E-state index in [2.05, 4.69) is 33.2 Å². The second kappa shape index (κ2) is 7.18. The highest BCUT2D eigenvalue weighted by Gasteiger charge is 2.25. The highest BCUT2D eigenvalue weighted by molar-refractivity contribution is 9.10. The molecule has 7 heteroatoms. The lowest BCUT2D eigenvalue weighted by Gasteiger charge is -2.13. The Bertz CT molecular complexity index is 1390. The summed E-state index contributed by atoms with van der Waals surface area (Å²) in [6, 6.07) is 11.6. The number of benzene rings is 2. The molecule has 1 aliphatic rings. The predicted octanol–water partition coefficient (Wildman–Crippen LogP) is 5.57. The normalized spacial score (nSPS) is 15.0. The van der Waals surface area contributed by atoms with Crippen molar-refractivity contribution in [3.05, 3.63) is 78.8 Å². The maximum Gasteiger partial charge on any atom is 0.261 e. The van der Waals surface area contributed by atoms with Crippen LogP contribution in [0.4, 0.5) is 5.69 Å². The second-order valence-corrected chi connectivity index (χ2v) is 9.56. The Kier molecular flexibility index (Phi) is 4.60. The van der Waals surface area contributed by atoms with E-state index in [0.29, 0.717) is 11.1 Å². The van der Waals surface area contributed by atoms with Gasteiger partial charge in [0, 0.05) is 38.7 Å². The Labute approximate surface area is 185 Å². The molecular formula is C23H18BrN3O2S. The Morgan fingerprint density at radius 1 is 1.30 bits per heavy atom. The molecule has 0 saturated carbocycles. The van der Waals surface area contributed by atoms with Crippen molar-refractivity contribution >= 4 is 49.8 Å². The number of hydrogen-bond acceptors (Lipinski definition) is 4. The average Bonchev–Trinajstić information content (AvgIpc) is 3.27. The number of anilines is 1. The quantitative estimate of drug-likeness (QED) is 0.417. The fourth-order valence-corrected chi connectivity index (χ4v) is 5.20. The zero-order valence-electron chi connectivity index (χ0n) is 16.4. The molecule has 1 N–H and O–H groups in total. The highest BCUT2D eigenvalue weighted by Crippen LogP contribution is 2.33. The predicted molar refractivity (Wildman–Crippen MR) is 125 cm³/mol. The summed E-state index contributed by atoms with van der Waals surface area (Å²) >= 11 is 5.08. The molecule has 4 aromatic rings. The Morgan fingerprint density at radius 2 is 2.13 bits per heavy atom. The molecule has 3 heterocycles. The number of rotatable bonds is 3. The van der Waals surface area contributed by atoms with Gasteiger partial charge in [0.05, 0.1) is 16.2 Å². The first-order chi connectivity index (χ1) is 14.4. The van der Waals surface area contributed by atoms with Gasteiger partial charge in [-0.1, -0.05) is 28.1 Å². The maximum atomic E-state index is 13.1. The molecule has 1 unspecified atom stereocenters. The Hall–Kier alpha value is -2.77. The molecule has 0 spiro atoms. The van der Waals surface area contributed by atoms with Crippen molar-refractivity contribution in [3.8, 4) is 11.3 Å². The maximum absolute atomic E-state index is 13.1. The van der Waals surface area contributed by atoms with E-state index in [-0.39, 0.29) is 17.0 Å². The molecule has 1 atom stereocenters. The van der Waals surface area contributed by atoms with Crippen LogP contribution in [0.5, 0.6) is 0 Å². The fraction of sp³-hybridized carbons (Fsp3) is 0.174. The van der Waals surface area contributed by atoms with Crippen LogP contribution in [0.15, 0.2) is 57.2 Å². The van der Waals surface area contributed by atoms with Crippen molar-refractivity contribution in [1.82, 2.24) is 9.55 Å². The van der Waals surface area contributed by atoms with Gasteiger partial charge in [-0.15, -0.1) is 11.3 Å². The van der Waals surface area contributed by atoms with Gasteiger partial charge >= 0.3 is 0 Å². The van der Waals surface area contributed by atoms with Gasteiger partial charge in [0.1, 0.15) is 5.56 Å². The van der Waals surface area contributed by atoms with E-state index in [1.165, 1.54) is 0 Å². The summed E-state index contributed by atoms with van der Waals surface area (Å²) in [6.07, 6.45) is 2.54. The zero-order valence-corrected chi connectivity index (χ0v) is 18.8. The van der Waals surface area contributed by atoms with Crippen molar-refractivity contribution in [2.75, 3.05) is 5.32 Å². The molecule has 30 heavy (non-hydrogen) atoms. The van der Waals surface area contributed by atoms with Gasteiger partial charge < -0.3 is 9.88 Å². The Balaban J connectivity index is 1.54. The van der Waals surface area contributed by atoms with Gasteiger partial charge in [0.2, 0.25) is 5.43 Å². The van der Waals surface area contributed by atoms with E-state index < -0.39 is 5.91 Å². The number of nitrogens with zero attached hydrogens (tertiary/aromatic N) is 2. The molecule has 2 aromatic carbocycles. The molecule has 0 fully saturated rings. The molecule has 1 amide bonds. The summed E-state index contributed by atoms with van der Waals surface area (Å²) in [4.78, 5) is 30.7. The number of carbonyl (C=O) groups excluding carboxylic acids is 1. The lowest BCUT2D eigenvalue weighted by atomic mass is 10.1. The van der Waals surface area contributed by atoms with Gasteiger partial charge in [-0.25, -0.2) is 4.98 Å². The van der Waals surface area contributed by atoms with Gasteiger partial charge in [-0.05, 0) is 50.1 Å². The van der Waals surface area contributed by atoms with Crippen LogP contribution in [-0.4, -0.2) is 15.5 Å². The van der Waals surface area contributed by atoms with E-state index >= 15 is 0 Å². The summed E-state index contributed by atoms with van der Waals surface area (Å²) in [5, 5.41) is 6.44. The van der Waals surface area contributed by atoms with E-state index in [1.807, 2.05) is 47.2 Å². The summed E-state index contributed by atoms with van der Waals surface area (Å²) < 4.78 is 2.90. The topological polar surface area (TPSA) is 64.0 Å². The number of aromatic nitrogens is 2. The fourth-order valence-electron chi connectivity index (χ4n) is 4.07. The lowest BCUT2D eigenvalue weighted by Crippen LogP contribution is -2.23. The summed E-state index contributed by atoms with van der Waals surface area (Å²) in [5.41, 5.74) is 4.38. The summed E-state index contributed by atoms with van der Waals surface area (Å²) in [5.74, 6) is -0.405. The van der Waals surface area contributed by atoms with Crippen LogP contribution >= 0.6 is 27.3 Å². The molecular weight excluding hydrogens is 462 g/mol. The van der Waals surface area contributed by atoms with Gasteiger partial charge in [-0.2, -0.15) is 0 Å². The highest BCUT2D eigenvalue weighted by atomic mass is 79.9. The van der Waals surface area contributed by atoms with Gasteiger partial charge in [0.25, 0.3) is 5.91 Å². The number of aryl methyl sites for hydroxylation is 1. The van der Waals surface area contributed by atoms with Crippen LogP contribution in [0.1, 0.15) is 33.9 Å². The smallest absolute Gasteiger partial charge is 0.261 e. The largest absolute Gasteiger partial charge is 0.343 e. The average molecular weight is 480 g/mol. The third-order valence-corrected chi connectivity index (χ3v) is 6.67. The molecule has 5 nitrogen and oxygen atoms in total. The molecule has 0 saturated heterocycles. The number of pyridine rings is 1. The first-order valence-corrected chi connectivity index (χ1v) is 11.3. The number of nitrogens with one attached hydrogen (secondary N) is 1. The summed E-state index contributed by atoms with van der Waals surface area (Å²) in [7, 11) is 0. The molecule has 0 aliphatic carbocycles. The standard InChI is InChI=1S/C23H18BrN3O2S/c1-12-6-15-7-16(24)9-18-21(15)27(12)10-19(22(18)28)23(29)26-17-5-3-4-14(8-17)20-11-30-13(2)25-20/h3-5,7-12H,6H2,1-2H3,(H,26,29). The van der Waals surface area contributed by atoms with Crippen LogP contribution < -0.4 is 10.7 Å². The van der Waals surface area contributed by atoms with E-state index in [1.54, 1.807) is 23.6 Å². The van der Waals surface area contributed by atoms with Crippen LogP contribution in [0, 0.1) is 6.92 Å². The van der Waals surface area contributed by atoms with Crippen molar-refractivity contribution in [1.29, 1.82) is 0 Å². The van der Waals surface area contributed by atoms with Crippen molar-refractivity contribution in [2.24, 2.45) is 0 Å². The third kappa shape index (κ3) is 3.18. The number of hydrogen-bond donors (Lipinski definition) is 1.